The van der Waals surface area contributed by atoms with E-state index in [9.17, 15) is 0 Å². The topological polar surface area (TPSA) is 42.7 Å². The van der Waals surface area contributed by atoms with Crippen LogP contribution in [0.15, 0.2) is 30.5 Å². The zero-order valence-electron chi connectivity index (χ0n) is 10.3. The largest absolute Gasteiger partial charge is 0.311 e. The van der Waals surface area contributed by atoms with Gasteiger partial charge in [0, 0.05) is 6.54 Å². The van der Waals surface area contributed by atoms with E-state index in [4.69, 9.17) is 0 Å². The van der Waals surface area contributed by atoms with Crippen LogP contribution in [0.1, 0.15) is 25.1 Å². The molecule has 1 heterocycles. The van der Waals surface area contributed by atoms with Crippen LogP contribution in [0.4, 0.5) is 0 Å². The summed E-state index contributed by atoms with van der Waals surface area (Å²) in [7, 11) is 0. The second kappa shape index (κ2) is 5.59. The van der Waals surface area contributed by atoms with E-state index in [1.165, 1.54) is 5.56 Å². The van der Waals surface area contributed by atoms with Crippen LogP contribution in [0.25, 0.3) is 5.69 Å². The van der Waals surface area contributed by atoms with E-state index in [1.807, 2.05) is 10.9 Å². The molecule has 0 radical (unpaired) electrons. The van der Waals surface area contributed by atoms with Gasteiger partial charge in [0.2, 0.25) is 0 Å². The fraction of sp³-hybridized carbons (Fsp3) is 0.385. The van der Waals surface area contributed by atoms with E-state index >= 15 is 0 Å². The van der Waals surface area contributed by atoms with Gasteiger partial charge in [0.15, 0.2) is 0 Å². The predicted octanol–water partition coefficient (Wildman–Crippen LogP) is 1.94. The summed E-state index contributed by atoms with van der Waals surface area (Å²) in [5.74, 6) is 0. The molecule has 1 aromatic heterocycles. The van der Waals surface area contributed by atoms with Crippen molar-refractivity contribution in [1.82, 2.24) is 20.3 Å². The highest BCUT2D eigenvalue weighted by Gasteiger charge is 2.01. The van der Waals surface area contributed by atoms with Crippen molar-refractivity contribution in [2.75, 3.05) is 6.54 Å². The number of aromatic nitrogens is 3. The summed E-state index contributed by atoms with van der Waals surface area (Å²) in [6, 6.07) is 8.40. The molecule has 0 saturated heterocycles. The van der Waals surface area contributed by atoms with Crippen molar-refractivity contribution in [3.8, 4) is 5.69 Å². The lowest BCUT2D eigenvalue weighted by Crippen LogP contribution is -2.11. The van der Waals surface area contributed by atoms with Gasteiger partial charge in [-0.3, -0.25) is 0 Å². The smallest absolute Gasteiger partial charge is 0.0969 e. The molecule has 0 fully saturated rings. The highest BCUT2D eigenvalue weighted by atomic mass is 15.4. The van der Waals surface area contributed by atoms with E-state index in [0.29, 0.717) is 0 Å². The van der Waals surface area contributed by atoms with E-state index in [0.717, 1.165) is 30.9 Å². The highest BCUT2D eigenvalue weighted by Crippen LogP contribution is 2.09. The fourth-order valence-corrected chi connectivity index (χ4v) is 1.64. The first kappa shape index (κ1) is 11.8. The van der Waals surface area contributed by atoms with Crippen LogP contribution in [0.2, 0.25) is 0 Å². The lowest BCUT2D eigenvalue weighted by Gasteiger charge is -2.01. The Hall–Kier alpha value is -1.68. The Bertz CT molecular complexity index is 459. The Morgan fingerprint density at radius 2 is 1.94 bits per heavy atom. The van der Waals surface area contributed by atoms with E-state index in [1.54, 1.807) is 0 Å². The molecule has 0 spiro atoms. The molecule has 0 aliphatic heterocycles. The van der Waals surface area contributed by atoms with Crippen LogP contribution in [-0.4, -0.2) is 21.5 Å². The Morgan fingerprint density at radius 1 is 1.18 bits per heavy atom. The Labute approximate surface area is 102 Å². The third-order valence-corrected chi connectivity index (χ3v) is 2.71. The van der Waals surface area contributed by atoms with Crippen molar-refractivity contribution in [2.24, 2.45) is 0 Å². The SMILES string of the molecule is CCNCc1cn(-c2ccc(CC)cc2)nn1. The average Bonchev–Trinajstić information content (AvgIpc) is 2.85. The van der Waals surface area contributed by atoms with Gasteiger partial charge in [0.05, 0.1) is 17.6 Å². The number of hydrogen-bond donors (Lipinski definition) is 1. The van der Waals surface area contributed by atoms with Crippen LogP contribution >= 0.6 is 0 Å². The van der Waals surface area contributed by atoms with Crippen LogP contribution in [-0.2, 0) is 13.0 Å². The molecular weight excluding hydrogens is 212 g/mol. The molecule has 1 N–H and O–H groups in total. The second-order valence-electron chi connectivity index (χ2n) is 3.95. The standard InChI is InChI=1S/C13H18N4/c1-3-11-5-7-13(8-6-11)17-10-12(15-16-17)9-14-4-2/h5-8,10,14H,3-4,9H2,1-2H3. The maximum absolute atomic E-state index is 4.12. The predicted molar refractivity (Wildman–Crippen MR) is 68.1 cm³/mol. The molecule has 0 aliphatic rings. The summed E-state index contributed by atoms with van der Waals surface area (Å²) in [6.07, 6.45) is 3.02. The van der Waals surface area contributed by atoms with Gasteiger partial charge in [-0.15, -0.1) is 5.10 Å². The normalized spacial score (nSPS) is 10.7. The molecule has 0 aliphatic carbocycles. The number of hydrogen-bond acceptors (Lipinski definition) is 3. The first-order valence-corrected chi connectivity index (χ1v) is 6.04. The van der Waals surface area contributed by atoms with Gasteiger partial charge in [0.1, 0.15) is 0 Å². The number of nitrogens with zero attached hydrogens (tertiary/aromatic N) is 3. The van der Waals surface area contributed by atoms with Crippen molar-refractivity contribution in [2.45, 2.75) is 26.8 Å². The zero-order valence-corrected chi connectivity index (χ0v) is 10.3. The minimum Gasteiger partial charge on any atom is -0.311 e. The number of nitrogens with one attached hydrogen (secondary N) is 1. The Balaban J connectivity index is 2.12. The lowest BCUT2D eigenvalue weighted by atomic mass is 10.1. The Morgan fingerprint density at radius 3 is 2.59 bits per heavy atom. The minimum absolute atomic E-state index is 0.767. The fourth-order valence-electron chi connectivity index (χ4n) is 1.64. The summed E-state index contributed by atoms with van der Waals surface area (Å²) >= 11 is 0. The third kappa shape index (κ3) is 2.91. The third-order valence-electron chi connectivity index (χ3n) is 2.71. The molecule has 0 bridgehead atoms. The molecule has 0 amide bonds. The quantitative estimate of drug-likeness (QED) is 0.853. The van der Waals surface area contributed by atoms with Gasteiger partial charge in [-0.05, 0) is 30.7 Å². The second-order valence-corrected chi connectivity index (χ2v) is 3.95. The van der Waals surface area contributed by atoms with Crippen molar-refractivity contribution in [3.63, 3.8) is 0 Å². The molecular formula is C13H18N4. The van der Waals surface area contributed by atoms with Gasteiger partial charge in [-0.2, -0.15) is 0 Å². The summed E-state index contributed by atoms with van der Waals surface area (Å²) in [5, 5.41) is 11.5. The van der Waals surface area contributed by atoms with Crippen molar-refractivity contribution in [3.05, 3.63) is 41.7 Å². The average molecular weight is 230 g/mol. The molecule has 0 saturated carbocycles. The van der Waals surface area contributed by atoms with Crippen molar-refractivity contribution < 1.29 is 0 Å². The maximum Gasteiger partial charge on any atom is 0.0969 e. The molecule has 17 heavy (non-hydrogen) atoms. The zero-order chi connectivity index (χ0) is 12.1. The molecule has 2 rings (SSSR count). The lowest BCUT2D eigenvalue weighted by molar-refractivity contribution is 0.705. The molecule has 1 aromatic carbocycles. The number of benzene rings is 1. The monoisotopic (exact) mass is 230 g/mol. The molecule has 2 aromatic rings. The van der Waals surface area contributed by atoms with Gasteiger partial charge < -0.3 is 5.32 Å². The van der Waals surface area contributed by atoms with Crippen LogP contribution in [0.3, 0.4) is 0 Å². The van der Waals surface area contributed by atoms with Crippen molar-refractivity contribution >= 4 is 0 Å². The van der Waals surface area contributed by atoms with Gasteiger partial charge >= 0.3 is 0 Å². The summed E-state index contributed by atoms with van der Waals surface area (Å²) in [6.45, 7) is 5.94. The van der Waals surface area contributed by atoms with Crippen LogP contribution in [0.5, 0.6) is 0 Å². The molecule has 90 valence electrons. The summed E-state index contributed by atoms with van der Waals surface area (Å²) < 4.78 is 1.81. The molecule has 4 nitrogen and oxygen atoms in total. The number of rotatable bonds is 5. The first-order valence-electron chi connectivity index (χ1n) is 6.04. The Kier molecular flexibility index (Phi) is 3.88. The van der Waals surface area contributed by atoms with E-state index in [-0.39, 0.29) is 0 Å². The summed E-state index contributed by atoms with van der Waals surface area (Å²) in [5.41, 5.74) is 3.35. The first-order chi connectivity index (χ1) is 8.33. The van der Waals surface area contributed by atoms with Gasteiger partial charge in [-0.1, -0.05) is 31.2 Å². The molecule has 0 atom stereocenters. The van der Waals surface area contributed by atoms with E-state index < -0.39 is 0 Å². The van der Waals surface area contributed by atoms with Crippen LogP contribution in [0, 0.1) is 0 Å². The maximum atomic E-state index is 4.12. The van der Waals surface area contributed by atoms with Gasteiger partial charge in [0.25, 0.3) is 0 Å². The van der Waals surface area contributed by atoms with Crippen LogP contribution < -0.4 is 5.32 Å². The number of aryl methyl sites for hydroxylation is 1. The van der Waals surface area contributed by atoms with Crippen molar-refractivity contribution in [1.29, 1.82) is 0 Å². The highest BCUT2D eigenvalue weighted by molar-refractivity contribution is 5.33. The van der Waals surface area contributed by atoms with Gasteiger partial charge in [-0.25, -0.2) is 4.68 Å². The summed E-state index contributed by atoms with van der Waals surface area (Å²) in [4.78, 5) is 0. The minimum atomic E-state index is 0.767. The van der Waals surface area contributed by atoms with E-state index in [2.05, 4.69) is 53.7 Å². The molecule has 0 unspecified atom stereocenters. The molecule has 4 heteroatoms.